The minimum Gasteiger partial charge on any atom is -0.214 e. The number of nitrogens with one attached hydrogen (secondary N) is 1. The smallest absolute Gasteiger partial charge is 0.211 e. The van der Waals surface area contributed by atoms with Gasteiger partial charge in [-0.15, -0.1) is 0 Å². The third-order valence-electron chi connectivity index (χ3n) is 1.57. The maximum atomic E-state index is 11.1. The summed E-state index contributed by atoms with van der Waals surface area (Å²) in [6.07, 6.45) is 2.16. The summed E-state index contributed by atoms with van der Waals surface area (Å²) in [5, 5.41) is 0.677. The van der Waals surface area contributed by atoms with E-state index in [1.165, 1.54) is 0 Å². The van der Waals surface area contributed by atoms with Gasteiger partial charge < -0.3 is 0 Å². The van der Waals surface area contributed by atoms with Crippen molar-refractivity contribution in [2.45, 2.75) is 12.8 Å². The standard InChI is InChI=1S/C6H12BrNO2S/c7-3-4-8-11(9,10)5-6-1-2-6/h6,8H,1-5H2. The van der Waals surface area contributed by atoms with Crippen molar-refractivity contribution < 1.29 is 8.42 Å². The van der Waals surface area contributed by atoms with Crippen LogP contribution in [0.25, 0.3) is 0 Å². The summed E-state index contributed by atoms with van der Waals surface area (Å²) < 4.78 is 24.7. The van der Waals surface area contributed by atoms with Gasteiger partial charge in [0.15, 0.2) is 0 Å². The lowest BCUT2D eigenvalue weighted by atomic mass is 10.5. The van der Waals surface area contributed by atoms with E-state index in [0.717, 1.165) is 12.8 Å². The molecule has 3 nitrogen and oxygen atoms in total. The molecular weight excluding hydrogens is 230 g/mol. The van der Waals surface area contributed by atoms with Crippen molar-refractivity contribution >= 4 is 26.0 Å². The molecule has 0 saturated heterocycles. The summed E-state index contributed by atoms with van der Waals surface area (Å²) in [5.74, 6) is 0.753. The van der Waals surface area contributed by atoms with Gasteiger partial charge >= 0.3 is 0 Å². The van der Waals surface area contributed by atoms with Gasteiger partial charge in [-0.05, 0) is 18.8 Å². The predicted molar refractivity (Wildman–Crippen MR) is 48.3 cm³/mol. The third-order valence-corrected chi connectivity index (χ3v) is 3.52. The van der Waals surface area contributed by atoms with Crippen molar-refractivity contribution in [3.8, 4) is 0 Å². The molecule has 0 heterocycles. The molecular formula is C6H12BrNO2S. The van der Waals surface area contributed by atoms with Gasteiger partial charge in [-0.3, -0.25) is 0 Å². The highest BCUT2D eigenvalue weighted by Gasteiger charge is 2.27. The maximum Gasteiger partial charge on any atom is 0.211 e. The Morgan fingerprint density at radius 2 is 2.09 bits per heavy atom. The topological polar surface area (TPSA) is 46.2 Å². The molecule has 1 N–H and O–H groups in total. The van der Waals surface area contributed by atoms with E-state index in [9.17, 15) is 8.42 Å². The molecule has 0 amide bonds. The van der Waals surface area contributed by atoms with Crippen molar-refractivity contribution in [2.75, 3.05) is 17.6 Å². The summed E-state index contributed by atoms with van der Waals surface area (Å²) in [6, 6.07) is 0. The van der Waals surface area contributed by atoms with E-state index in [0.29, 0.717) is 23.5 Å². The molecule has 0 unspecified atom stereocenters. The highest BCUT2D eigenvalue weighted by molar-refractivity contribution is 9.09. The zero-order chi connectivity index (χ0) is 8.32. The zero-order valence-corrected chi connectivity index (χ0v) is 8.62. The second-order valence-electron chi connectivity index (χ2n) is 2.81. The summed E-state index contributed by atoms with van der Waals surface area (Å²) in [6.45, 7) is 0.495. The first-order chi connectivity index (χ1) is 5.14. The first-order valence-electron chi connectivity index (χ1n) is 3.67. The molecule has 0 aromatic carbocycles. The van der Waals surface area contributed by atoms with Gasteiger partial charge in [0.25, 0.3) is 0 Å². The molecule has 1 aliphatic rings. The zero-order valence-electron chi connectivity index (χ0n) is 6.22. The summed E-state index contributed by atoms with van der Waals surface area (Å²) in [7, 11) is -2.96. The molecule has 11 heavy (non-hydrogen) atoms. The summed E-state index contributed by atoms with van der Waals surface area (Å²) in [5.41, 5.74) is 0. The second kappa shape index (κ2) is 3.87. The van der Waals surface area contributed by atoms with E-state index in [-0.39, 0.29) is 0 Å². The predicted octanol–water partition coefficient (Wildman–Crippen LogP) is 0.711. The number of hydrogen-bond acceptors (Lipinski definition) is 2. The lowest BCUT2D eigenvalue weighted by molar-refractivity contribution is 0.580. The van der Waals surface area contributed by atoms with Crippen LogP contribution >= 0.6 is 15.9 Å². The van der Waals surface area contributed by atoms with Crippen LogP contribution in [0.4, 0.5) is 0 Å². The lowest BCUT2D eigenvalue weighted by Crippen LogP contribution is -2.28. The van der Waals surface area contributed by atoms with E-state index in [1.54, 1.807) is 0 Å². The van der Waals surface area contributed by atoms with Crippen LogP contribution in [0.5, 0.6) is 0 Å². The molecule has 1 rings (SSSR count). The quantitative estimate of drug-likeness (QED) is 0.722. The van der Waals surface area contributed by atoms with Crippen LogP contribution in [0.3, 0.4) is 0 Å². The third kappa shape index (κ3) is 4.08. The van der Waals surface area contributed by atoms with Crippen LogP contribution < -0.4 is 4.72 Å². The first-order valence-corrected chi connectivity index (χ1v) is 6.45. The number of sulfonamides is 1. The number of halogens is 1. The average molecular weight is 242 g/mol. The van der Waals surface area contributed by atoms with Gasteiger partial charge in [0.2, 0.25) is 10.0 Å². The Morgan fingerprint density at radius 1 is 1.45 bits per heavy atom. The van der Waals surface area contributed by atoms with Crippen LogP contribution in [0.2, 0.25) is 0 Å². The second-order valence-corrected chi connectivity index (χ2v) is 5.45. The van der Waals surface area contributed by atoms with Crippen LogP contribution in [-0.4, -0.2) is 26.0 Å². The van der Waals surface area contributed by atoms with Crippen molar-refractivity contribution in [2.24, 2.45) is 5.92 Å². The van der Waals surface area contributed by atoms with Gasteiger partial charge in [-0.25, -0.2) is 13.1 Å². The SMILES string of the molecule is O=S(=O)(CC1CC1)NCCBr. The number of rotatable bonds is 5. The minimum atomic E-state index is -2.96. The number of hydrogen-bond donors (Lipinski definition) is 1. The molecule has 1 fully saturated rings. The monoisotopic (exact) mass is 241 g/mol. The van der Waals surface area contributed by atoms with Crippen LogP contribution in [0, 0.1) is 5.92 Å². The molecule has 1 saturated carbocycles. The van der Waals surface area contributed by atoms with Crippen LogP contribution in [0.1, 0.15) is 12.8 Å². The molecule has 0 aromatic rings. The average Bonchev–Trinajstić information content (AvgIpc) is 2.67. The minimum absolute atomic E-state index is 0.319. The van der Waals surface area contributed by atoms with Gasteiger partial charge in [0.1, 0.15) is 0 Å². The van der Waals surface area contributed by atoms with E-state index < -0.39 is 10.0 Å². The van der Waals surface area contributed by atoms with Crippen molar-refractivity contribution in [3.63, 3.8) is 0 Å². The Morgan fingerprint density at radius 3 is 2.55 bits per heavy atom. The Hall–Kier alpha value is 0.390. The van der Waals surface area contributed by atoms with Gasteiger partial charge in [0, 0.05) is 11.9 Å². The summed E-state index contributed by atoms with van der Waals surface area (Å²) >= 11 is 3.16. The van der Waals surface area contributed by atoms with Crippen LogP contribution in [0.15, 0.2) is 0 Å². The Bertz CT molecular complexity index is 211. The first kappa shape index (κ1) is 9.48. The van der Waals surface area contributed by atoms with Crippen LogP contribution in [-0.2, 0) is 10.0 Å². The molecule has 0 radical (unpaired) electrons. The lowest BCUT2D eigenvalue weighted by Gasteiger charge is -2.02. The maximum absolute atomic E-state index is 11.1. The molecule has 0 spiro atoms. The highest BCUT2D eigenvalue weighted by Crippen LogP contribution is 2.29. The fourth-order valence-corrected chi connectivity index (χ4v) is 2.79. The molecule has 5 heteroatoms. The van der Waals surface area contributed by atoms with E-state index in [1.807, 2.05) is 0 Å². The Labute approximate surface area is 75.7 Å². The fraction of sp³-hybridized carbons (Fsp3) is 1.00. The van der Waals surface area contributed by atoms with Gasteiger partial charge in [0.05, 0.1) is 5.75 Å². The van der Waals surface area contributed by atoms with Crippen molar-refractivity contribution in [3.05, 3.63) is 0 Å². The molecule has 0 bridgehead atoms. The molecule has 0 atom stereocenters. The van der Waals surface area contributed by atoms with Gasteiger partial charge in [-0.1, -0.05) is 15.9 Å². The molecule has 0 aromatic heterocycles. The molecule has 66 valence electrons. The van der Waals surface area contributed by atoms with Crippen molar-refractivity contribution in [1.29, 1.82) is 0 Å². The van der Waals surface area contributed by atoms with Gasteiger partial charge in [-0.2, -0.15) is 0 Å². The largest absolute Gasteiger partial charge is 0.214 e. The van der Waals surface area contributed by atoms with Crippen molar-refractivity contribution in [1.82, 2.24) is 4.72 Å². The Balaban J connectivity index is 2.26. The van der Waals surface area contributed by atoms with E-state index >= 15 is 0 Å². The van der Waals surface area contributed by atoms with E-state index in [2.05, 4.69) is 20.7 Å². The highest BCUT2D eigenvalue weighted by atomic mass is 79.9. The van der Waals surface area contributed by atoms with E-state index in [4.69, 9.17) is 0 Å². The normalized spacial score (nSPS) is 18.6. The fourth-order valence-electron chi connectivity index (χ4n) is 0.848. The number of alkyl halides is 1. The summed E-state index contributed by atoms with van der Waals surface area (Å²) in [4.78, 5) is 0. The Kier molecular flexibility index (Phi) is 3.33. The molecule has 1 aliphatic carbocycles. The molecule has 0 aliphatic heterocycles.